The molecule has 1 saturated carbocycles. The van der Waals surface area contributed by atoms with Crippen LogP contribution in [0.25, 0.3) is 0 Å². The maximum absolute atomic E-state index is 3.65. The molecule has 2 aromatic rings. The fourth-order valence-electron chi connectivity index (χ4n) is 2.77. The molecule has 0 unspecified atom stereocenters. The van der Waals surface area contributed by atoms with Gasteiger partial charge < -0.3 is 5.32 Å². The molecule has 1 fully saturated rings. The summed E-state index contributed by atoms with van der Waals surface area (Å²) in [6.07, 6.45) is 2.41. The van der Waals surface area contributed by atoms with Crippen LogP contribution in [0.15, 0.2) is 51.4 Å². The Morgan fingerprint density at radius 2 is 1.60 bits per heavy atom. The molecule has 1 aliphatic rings. The second-order valence-electron chi connectivity index (χ2n) is 5.52. The highest BCUT2D eigenvalue weighted by Gasteiger charge is 2.30. The van der Waals surface area contributed by atoms with Gasteiger partial charge in [0.1, 0.15) is 0 Å². The van der Waals surface area contributed by atoms with Crippen LogP contribution in [0.2, 0.25) is 0 Å². The van der Waals surface area contributed by atoms with E-state index < -0.39 is 0 Å². The van der Waals surface area contributed by atoms with Crippen LogP contribution in [0, 0.1) is 6.92 Å². The third-order valence-corrected chi connectivity index (χ3v) is 5.19. The molecule has 1 nitrogen and oxygen atoms in total. The van der Waals surface area contributed by atoms with Crippen molar-refractivity contribution in [3.63, 3.8) is 0 Å². The molecule has 0 radical (unpaired) electrons. The number of anilines is 1. The van der Waals surface area contributed by atoms with Gasteiger partial charge in [0.15, 0.2) is 0 Å². The Hall–Kier alpha value is -0.800. The molecule has 0 heterocycles. The maximum Gasteiger partial charge on any atom is 0.0631 e. The number of rotatable bonds is 3. The van der Waals surface area contributed by atoms with Crippen molar-refractivity contribution >= 4 is 37.5 Å². The molecule has 104 valence electrons. The molecule has 0 bridgehead atoms. The van der Waals surface area contributed by atoms with Crippen LogP contribution in [0.4, 0.5) is 5.69 Å². The van der Waals surface area contributed by atoms with Gasteiger partial charge in [-0.15, -0.1) is 0 Å². The van der Waals surface area contributed by atoms with Crippen molar-refractivity contribution in [3.05, 3.63) is 62.5 Å². The number of hydrogen-bond donors (Lipinski definition) is 1. The average Bonchev–Trinajstić information content (AvgIpc) is 2.36. The van der Waals surface area contributed by atoms with Gasteiger partial charge in [-0.1, -0.05) is 30.3 Å². The zero-order valence-corrected chi connectivity index (χ0v) is 14.5. The van der Waals surface area contributed by atoms with Crippen molar-refractivity contribution in [2.45, 2.75) is 31.7 Å². The van der Waals surface area contributed by atoms with E-state index in [1.807, 2.05) is 0 Å². The van der Waals surface area contributed by atoms with E-state index in [0.717, 1.165) is 8.95 Å². The number of nitrogens with one attached hydrogen (secondary N) is 1. The summed E-state index contributed by atoms with van der Waals surface area (Å²) >= 11 is 7.29. The minimum absolute atomic E-state index is 0.565. The zero-order chi connectivity index (χ0) is 14.1. The van der Waals surface area contributed by atoms with Gasteiger partial charge in [0.05, 0.1) is 5.69 Å². The third-order valence-electron chi connectivity index (χ3n) is 3.94. The van der Waals surface area contributed by atoms with Gasteiger partial charge in [-0.3, -0.25) is 0 Å². The topological polar surface area (TPSA) is 12.0 Å². The summed E-state index contributed by atoms with van der Waals surface area (Å²) in [5.74, 6) is 0.705. The summed E-state index contributed by atoms with van der Waals surface area (Å²) in [5.41, 5.74) is 3.89. The Balaban J connectivity index is 1.65. The van der Waals surface area contributed by atoms with Crippen LogP contribution in [-0.4, -0.2) is 6.04 Å². The van der Waals surface area contributed by atoms with E-state index in [2.05, 4.69) is 86.6 Å². The Kier molecular flexibility index (Phi) is 4.18. The number of halogens is 2. The summed E-state index contributed by atoms with van der Waals surface area (Å²) in [5, 5.41) is 3.65. The molecule has 3 heteroatoms. The van der Waals surface area contributed by atoms with Crippen LogP contribution < -0.4 is 5.32 Å². The normalized spacial score (nSPS) is 21.4. The van der Waals surface area contributed by atoms with Crippen LogP contribution >= 0.6 is 31.9 Å². The number of benzene rings is 2. The molecule has 0 saturated heterocycles. The Bertz CT molecular complexity index is 581. The van der Waals surface area contributed by atoms with E-state index in [1.165, 1.54) is 29.7 Å². The fraction of sp³-hybridized carbons (Fsp3) is 0.294. The van der Waals surface area contributed by atoms with Crippen molar-refractivity contribution in [2.75, 3.05) is 5.32 Å². The Morgan fingerprint density at radius 3 is 2.20 bits per heavy atom. The zero-order valence-electron chi connectivity index (χ0n) is 11.4. The predicted molar refractivity (Wildman–Crippen MR) is 92.4 cm³/mol. The molecule has 3 rings (SSSR count). The minimum Gasteiger partial charge on any atom is -0.380 e. The predicted octanol–water partition coefficient (Wildman–Crippen LogP) is 5.88. The van der Waals surface area contributed by atoms with Gasteiger partial charge in [-0.2, -0.15) is 0 Å². The molecule has 0 aromatic heterocycles. The minimum atomic E-state index is 0.565. The molecule has 0 amide bonds. The molecule has 20 heavy (non-hydrogen) atoms. The second kappa shape index (κ2) is 5.90. The first-order valence-corrected chi connectivity index (χ1v) is 8.49. The van der Waals surface area contributed by atoms with Crippen LogP contribution in [0.5, 0.6) is 0 Å². The summed E-state index contributed by atoms with van der Waals surface area (Å²) < 4.78 is 2.26. The summed E-state index contributed by atoms with van der Waals surface area (Å²) in [4.78, 5) is 0. The largest absolute Gasteiger partial charge is 0.380 e. The standard InChI is InChI=1S/C17H17Br2N/c1-11-7-15(18)17(16(19)8-11)20-14-9-13(10-14)12-5-3-2-4-6-12/h2-8,13-14,20H,9-10H2,1H3. The highest BCUT2D eigenvalue weighted by Crippen LogP contribution is 2.41. The number of aryl methyl sites for hydroxylation is 1. The van der Waals surface area contributed by atoms with Crippen molar-refractivity contribution in [3.8, 4) is 0 Å². The molecule has 0 atom stereocenters. The lowest BCUT2D eigenvalue weighted by Gasteiger charge is -2.37. The first-order valence-electron chi connectivity index (χ1n) is 6.90. The molecule has 2 aromatic carbocycles. The van der Waals surface area contributed by atoms with Crippen LogP contribution in [-0.2, 0) is 0 Å². The summed E-state index contributed by atoms with van der Waals surface area (Å²) in [6.45, 7) is 2.11. The smallest absolute Gasteiger partial charge is 0.0631 e. The van der Waals surface area contributed by atoms with Crippen LogP contribution in [0.1, 0.15) is 29.9 Å². The van der Waals surface area contributed by atoms with Crippen molar-refractivity contribution in [1.29, 1.82) is 0 Å². The molecular weight excluding hydrogens is 378 g/mol. The van der Waals surface area contributed by atoms with Gasteiger partial charge in [0.2, 0.25) is 0 Å². The highest BCUT2D eigenvalue weighted by molar-refractivity contribution is 9.11. The third kappa shape index (κ3) is 2.94. The molecule has 1 aliphatic carbocycles. The molecule has 0 spiro atoms. The van der Waals surface area contributed by atoms with Gasteiger partial charge in [-0.25, -0.2) is 0 Å². The summed E-state index contributed by atoms with van der Waals surface area (Å²) in [7, 11) is 0. The van der Waals surface area contributed by atoms with Crippen LogP contribution in [0.3, 0.4) is 0 Å². The monoisotopic (exact) mass is 393 g/mol. The maximum atomic E-state index is 3.65. The van der Waals surface area contributed by atoms with E-state index in [4.69, 9.17) is 0 Å². The average molecular weight is 395 g/mol. The summed E-state index contributed by atoms with van der Waals surface area (Å²) in [6, 6.07) is 15.7. The molecule has 1 N–H and O–H groups in total. The van der Waals surface area contributed by atoms with E-state index in [-0.39, 0.29) is 0 Å². The van der Waals surface area contributed by atoms with Gasteiger partial charge >= 0.3 is 0 Å². The number of hydrogen-bond acceptors (Lipinski definition) is 1. The molecule has 0 aliphatic heterocycles. The lowest BCUT2D eigenvalue weighted by atomic mass is 9.76. The highest BCUT2D eigenvalue weighted by atomic mass is 79.9. The Morgan fingerprint density at radius 1 is 1.00 bits per heavy atom. The van der Waals surface area contributed by atoms with E-state index in [1.54, 1.807) is 0 Å². The van der Waals surface area contributed by atoms with Gasteiger partial charge in [0.25, 0.3) is 0 Å². The van der Waals surface area contributed by atoms with Crippen molar-refractivity contribution in [2.24, 2.45) is 0 Å². The van der Waals surface area contributed by atoms with E-state index >= 15 is 0 Å². The van der Waals surface area contributed by atoms with E-state index in [9.17, 15) is 0 Å². The van der Waals surface area contributed by atoms with Crippen molar-refractivity contribution < 1.29 is 0 Å². The first kappa shape index (κ1) is 14.2. The lowest BCUT2D eigenvalue weighted by Crippen LogP contribution is -2.34. The van der Waals surface area contributed by atoms with Gasteiger partial charge in [-0.05, 0) is 80.8 Å². The van der Waals surface area contributed by atoms with E-state index in [0.29, 0.717) is 12.0 Å². The quantitative estimate of drug-likeness (QED) is 0.685. The molecular formula is C17H17Br2N. The first-order chi connectivity index (χ1) is 9.63. The SMILES string of the molecule is Cc1cc(Br)c(NC2CC(c3ccccc3)C2)c(Br)c1. The Labute approximate surface area is 137 Å². The van der Waals surface area contributed by atoms with Gasteiger partial charge in [0, 0.05) is 15.0 Å². The van der Waals surface area contributed by atoms with Crippen molar-refractivity contribution in [1.82, 2.24) is 0 Å². The lowest BCUT2D eigenvalue weighted by molar-refractivity contribution is 0.374. The second-order valence-corrected chi connectivity index (χ2v) is 7.23. The fourth-order valence-corrected chi connectivity index (χ4v) is 4.42.